The van der Waals surface area contributed by atoms with Crippen molar-refractivity contribution in [1.82, 2.24) is 0 Å². The van der Waals surface area contributed by atoms with Gasteiger partial charge in [0.15, 0.2) is 6.10 Å². The van der Waals surface area contributed by atoms with E-state index in [-0.39, 0.29) is 16.8 Å². The van der Waals surface area contributed by atoms with E-state index in [4.69, 9.17) is 14.9 Å². The third-order valence-corrected chi connectivity index (χ3v) is 3.86. The van der Waals surface area contributed by atoms with Crippen molar-refractivity contribution in [1.29, 1.82) is 0 Å². The number of anilines is 1. The van der Waals surface area contributed by atoms with Gasteiger partial charge in [-0.05, 0) is 53.2 Å². The van der Waals surface area contributed by atoms with Crippen LogP contribution in [0.1, 0.15) is 27.6 Å². The molecule has 0 saturated heterocycles. The van der Waals surface area contributed by atoms with Crippen LogP contribution in [-0.2, 0) is 4.79 Å². The van der Waals surface area contributed by atoms with Crippen LogP contribution in [0.2, 0.25) is 0 Å². The van der Waals surface area contributed by atoms with Crippen LogP contribution in [-0.4, -0.2) is 34.2 Å². The molecule has 0 aromatic heterocycles. The molecule has 0 aliphatic carbocycles. The summed E-state index contributed by atoms with van der Waals surface area (Å²) in [4.78, 5) is 34.4. The van der Waals surface area contributed by atoms with E-state index in [9.17, 15) is 14.4 Å². The number of carboxylic acids is 2. The molecule has 1 unspecified atom stereocenters. The van der Waals surface area contributed by atoms with Crippen molar-refractivity contribution < 1.29 is 29.3 Å². The Hall–Kier alpha value is -2.87. The van der Waals surface area contributed by atoms with Gasteiger partial charge in [0.25, 0.3) is 5.91 Å². The first kappa shape index (κ1) is 18.5. The Bertz CT molecular complexity index is 803. The molecule has 25 heavy (non-hydrogen) atoms. The fraction of sp³-hybridized carbons (Fsp3) is 0.118. The van der Waals surface area contributed by atoms with Crippen molar-refractivity contribution in [2.24, 2.45) is 0 Å². The highest BCUT2D eigenvalue weighted by Crippen LogP contribution is 2.25. The topological polar surface area (TPSA) is 113 Å². The number of ether oxygens (including phenoxy) is 1. The Labute approximate surface area is 151 Å². The molecular formula is C17H14BrNO6. The molecule has 8 heteroatoms. The number of carboxylic acid groups (broad SMARTS) is 2. The first-order chi connectivity index (χ1) is 11.8. The van der Waals surface area contributed by atoms with Crippen molar-refractivity contribution in [2.45, 2.75) is 13.0 Å². The summed E-state index contributed by atoms with van der Waals surface area (Å²) in [5, 5.41) is 20.6. The van der Waals surface area contributed by atoms with Gasteiger partial charge < -0.3 is 20.3 Å². The highest BCUT2D eigenvalue weighted by atomic mass is 79.9. The van der Waals surface area contributed by atoms with Crippen molar-refractivity contribution in [3.63, 3.8) is 0 Å². The molecule has 2 aromatic carbocycles. The molecule has 0 saturated carbocycles. The number of carbonyl (C=O) groups is 3. The van der Waals surface area contributed by atoms with Crippen LogP contribution in [0.25, 0.3) is 0 Å². The van der Waals surface area contributed by atoms with Gasteiger partial charge in [-0.25, -0.2) is 9.59 Å². The highest BCUT2D eigenvalue weighted by Gasteiger charge is 2.18. The fourth-order valence-corrected chi connectivity index (χ4v) is 2.35. The van der Waals surface area contributed by atoms with E-state index >= 15 is 0 Å². The Morgan fingerprint density at radius 2 is 1.60 bits per heavy atom. The smallest absolute Gasteiger partial charge is 0.335 e. The third-order valence-electron chi connectivity index (χ3n) is 3.20. The average Bonchev–Trinajstić information content (AvgIpc) is 2.56. The maximum absolute atomic E-state index is 12.2. The second-order valence-electron chi connectivity index (χ2n) is 5.09. The second-order valence-corrected chi connectivity index (χ2v) is 5.94. The normalized spacial score (nSPS) is 11.4. The molecule has 1 atom stereocenters. The van der Waals surface area contributed by atoms with Crippen LogP contribution < -0.4 is 10.1 Å². The molecule has 130 valence electrons. The summed E-state index contributed by atoms with van der Waals surface area (Å²) >= 11 is 3.30. The number of benzene rings is 2. The van der Waals surface area contributed by atoms with E-state index in [1.54, 1.807) is 24.3 Å². The molecule has 0 heterocycles. The summed E-state index contributed by atoms with van der Waals surface area (Å²) in [6.07, 6.45) is -0.888. The monoisotopic (exact) mass is 407 g/mol. The molecule has 1 amide bonds. The summed E-state index contributed by atoms with van der Waals surface area (Å²) in [7, 11) is 0. The first-order valence-electron chi connectivity index (χ1n) is 7.11. The lowest BCUT2D eigenvalue weighted by atomic mass is 10.1. The van der Waals surface area contributed by atoms with Gasteiger partial charge in [0, 0.05) is 5.69 Å². The lowest BCUT2D eigenvalue weighted by molar-refractivity contribution is -0.122. The SMILES string of the molecule is CC(Oc1ccccc1Br)C(=O)Nc1cc(C(=O)O)cc(C(=O)O)c1. The lowest BCUT2D eigenvalue weighted by Crippen LogP contribution is -2.30. The van der Waals surface area contributed by atoms with Gasteiger partial charge >= 0.3 is 11.9 Å². The van der Waals surface area contributed by atoms with E-state index in [0.717, 1.165) is 6.07 Å². The zero-order chi connectivity index (χ0) is 18.6. The molecule has 3 N–H and O–H groups in total. The number of nitrogens with one attached hydrogen (secondary N) is 1. The minimum atomic E-state index is -1.30. The zero-order valence-corrected chi connectivity index (χ0v) is 14.6. The number of hydrogen-bond acceptors (Lipinski definition) is 4. The molecule has 0 aliphatic rings. The summed E-state index contributed by atoms with van der Waals surface area (Å²) in [6.45, 7) is 1.52. The number of rotatable bonds is 6. The first-order valence-corrected chi connectivity index (χ1v) is 7.91. The molecule has 0 bridgehead atoms. The molecule has 0 fully saturated rings. The summed E-state index contributed by atoms with van der Waals surface area (Å²) in [5.41, 5.74) is -0.422. The summed E-state index contributed by atoms with van der Waals surface area (Å²) in [6, 6.07) is 10.4. The Kier molecular flexibility index (Phi) is 5.76. The predicted molar refractivity (Wildman–Crippen MR) is 93.2 cm³/mol. The number of halogens is 1. The van der Waals surface area contributed by atoms with Gasteiger partial charge in [-0.3, -0.25) is 4.79 Å². The number of carbonyl (C=O) groups excluding carboxylic acids is 1. The fourth-order valence-electron chi connectivity index (χ4n) is 1.97. The number of amides is 1. The molecule has 0 radical (unpaired) electrons. The van der Waals surface area contributed by atoms with Gasteiger partial charge in [0.05, 0.1) is 15.6 Å². The molecule has 2 rings (SSSR count). The number of hydrogen-bond donors (Lipinski definition) is 3. The predicted octanol–water partition coefficient (Wildman–Crippen LogP) is 3.25. The van der Waals surface area contributed by atoms with Crippen molar-refractivity contribution in [3.05, 3.63) is 58.1 Å². The molecule has 0 spiro atoms. The largest absolute Gasteiger partial charge is 0.480 e. The van der Waals surface area contributed by atoms with E-state index < -0.39 is 23.9 Å². The van der Waals surface area contributed by atoms with E-state index in [2.05, 4.69) is 21.2 Å². The van der Waals surface area contributed by atoms with Crippen molar-refractivity contribution in [2.75, 3.05) is 5.32 Å². The Balaban J connectivity index is 2.18. The van der Waals surface area contributed by atoms with Gasteiger partial charge in [0.1, 0.15) is 5.75 Å². The molecular weight excluding hydrogens is 394 g/mol. The minimum absolute atomic E-state index is 0.0601. The zero-order valence-electron chi connectivity index (χ0n) is 13.0. The van der Waals surface area contributed by atoms with Gasteiger partial charge in [-0.15, -0.1) is 0 Å². The van der Waals surface area contributed by atoms with E-state index in [0.29, 0.717) is 10.2 Å². The number of aromatic carboxylic acids is 2. The second kappa shape index (κ2) is 7.80. The van der Waals surface area contributed by atoms with Crippen LogP contribution in [0.3, 0.4) is 0 Å². The maximum Gasteiger partial charge on any atom is 0.335 e. The lowest BCUT2D eigenvalue weighted by Gasteiger charge is -2.16. The molecule has 2 aromatic rings. The quantitative estimate of drug-likeness (QED) is 0.677. The van der Waals surface area contributed by atoms with E-state index in [1.165, 1.54) is 19.1 Å². The van der Waals surface area contributed by atoms with Gasteiger partial charge in [0.2, 0.25) is 0 Å². The molecule has 0 aliphatic heterocycles. The van der Waals surface area contributed by atoms with Crippen LogP contribution in [0.4, 0.5) is 5.69 Å². The highest BCUT2D eigenvalue weighted by molar-refractivity contribution is 9.10. The molecule has 7 nitrogen and oxygen atoms in total. The number of para-hydroxylation sites is 1. The Morgan fingerprint density at radius 3 is 2.12 bits per heavy atom. The summed E-state index contributed by atoms with van der Waals surface area (Å²) in [5.74, 6) is -2.67. The maximum atomic E-state index is 12.2. The van der Waals surface area contributed by atoms with Crippen LogP contribution in [0, 0.1) is 0 Å². The van der Waals surface area contributed by atoms with Crippen LogP contribution in [0.15, 0.2) is 46.9 Å². The van der Waals surface area contributed by atoms with Crippen molar-refractivity contribution in [3.8, 4) is 5.75 Å². The standard InChI is InChI=1S/C17H14BrNO6/c1-9(25-14-5-3-2-4-13(14)18)15(20)19-12-7-10(16(21)22)6-11(8-12)17(23)24/h2-9H,1H3,(H,19,20)(H,21,22)(H,23,24). The third kappa shape index (κ3) is 4.80. The van der Waals surface area contributed by atoms with Gasteiger partial charge in [-0.2, -0.15) is 0 Å². The Morgan fingerprint density at radius 1 is 1.04 bits per heavy atom. The minimum Gasteiger partial charge on any atom is -0.480 e. The van der Waals surface area contributed by atoms with Crippen LogP contribution in [0.5, 0.6) is 5.75 Å². The van der Waals surface area contributed by atoms with E-state index in [1.807, 2.05) is 0 Å². The van der Waals surface area contributed by atoms with Crippen LogP contribution >= 0.6 is 15.9 Å². The van der Waals surface area contributed by atoms with Crippen molar-refractivity contribution >= 4 is 39.5 Å². The average molecular weight is 408 g/mol. The van der Waals surface area contributed by atoms with Gasteiger partial charge in [-0.1, -0.05) is 12.1 Å². The summed E-state index contributed by atoms with van der Waals surface area (Å²) < 4.78 is 6.22.